The summed E-state index contributed by atoms with van der Waals surface area (Å²) in [6.45, 7) is -0.104. The van der Waals surface area contributed by atoms with E-state index in [0.717, 1.165) is 5.56 Å². The Morgan fingerprint density at radius 3 is 2.52 bits per heavy atom. The van der Waals surface area contributed by atoms with Gasteiger partial charge >= 0.3 is 5.97 Å². The lowest BCUT2D eigenvalue weighted by atomic mass is 10.2. The van der Waals surface area contributed by atoms with Gasteiger partial charge in [0.2, 0.25) is 0 Å². The normalized spacial score (nSPS) is 10.5. The van der Waals surface area contributed by atoms with Crippen LogP contribution in [0.4, 0.5) is 5.69 Å². The molecule has 0 atom stereocenters. The number of aromatic nitrogens is 2. The first kappa shape index (κ1) is 22.5. The standard InChI is InChI=1S/C21H19Cl2N3O5/c1-29-18-8-19(30-2)17(7-16(18)23)25-20(27)12-31-21(28)14-9-24-26(11-14)10-13-5-3-4-6-15(13)22/h3-9,11H,10,12H2,1-2H3,(H,25,27). The molecule has 0 spiro atoms. The second kappa shape index (κ2) is 10.2. The molecule has 0 aliphatic heterocycles. The Morgan fingerprint density at radius 1 is 1.06 bits per heavy atom. The van der Waals surface area contributed by atoms with E-state index in [-0.39, 0.29) is 5.56 Å². The molecule has 1 aromatic heterocycles. The summed E-state index contributed by atoms with van der Waals surface area (Å²) in [5.74, 6) is -0.491. The highest BCUT2D eigenvalue weighted by Gasteiger charge is 2.16. The van der Waals surface area contributed by atoms with Crippen molar-refractivity contribution >= 4 is 40.8 Å². The van der Waals surface area contributed by atoms with Gasteiger partial charge in [-0.1, -0.05) is 41.4 Å². The van der Waals surface area contributed by atoms with Crippen molar-refractivity contribution < 1.29 is 23.8 Å². The van der Waals surface area contributed by atoms with Gasteiger partial charge in [0.1, 0.15) is 11.5 Å². The number of amides is 1. The summed E-state index contributed by atoms with van der Waals surface area (Å²) in [5, 5.41) is 7.62. The Morgan fingerprint density at radius 2 is 1.81 bits per heavy atom. The van der Waals surface area contributed by atoms with Gasteiger partial charge in [-0.05, 0) is 17.7 Å². The second-order valence-electron chi connectivity index (χ2n) is 6.33. The Bertz CT molecular complexity index is 1100. The Kier molecular flexibility index (Phi) is 7.38. The number of nitrogens with zero attached hydrogens (tertiary/aromatic N) is 2. The highest BCUT2D eigenvalue weighted by Crippen LogP contribution is 2.35. The van der Waals surface area contributed by atoms with Gasteiger partial charge in [-0.3, -0.25) is 9.48 Å². The van der Waals surface area contributed by atoms with Crippen LogP contribution >= 0.6 is 23.2 Å². The molecule has 10 heteroatoms. The lowest BCUT2D eigenvalue weighted by Crippen LogP contribution is -2.21. The van der Waals surface area contributed by atoms with Crippen molar-refractivity contribution in [2.45, 2.75) is 6.54 Å². The number of carbonyl (C=O) groups is 2. The van der Waals surface area contributed by atoms with Gasteiger partial charge < -0.3 is 19.5 Å². The van der Waals surface area contributed by atoms with Crippen LogP contribution in [0.15, 0.2) is 48.8 Å². The van der Waals surface area contributed by atoms with Crippen LogP contribution in [0.2, 0.25) is 10.0 Å². The molecule has 0 saturated carbocycles. The Hall–Kier alpha value is -3.23. The van der Waals surface area contributed by atoms with Crippen molar-refractivity contribution in [3.8, 4) is 11.5 Å². The Labute approximate surface area is 188 Å². The monoisotopic (exact) mass is 463 g/mol. The summed E-state index contributed by atoms with van der Waals surface area (Å²) in [6, 6.07) is 10.4. The van der Waals surface area contributed by atoms with Gasteiger partial charge in [0.05, 0.1) is 43.2 Å². The average Bonchev–Trinajstić information content (AvgIpc) is 3.22. The minimum Gasteiger partial charge on any atom is -0.495 e. The van der Waals surface area contributed by atoms with Crippen LogP contribution in [-0.4, -0.2) is 42.5 Å². The molecule has 0 bridgehead atoms. The molecule has 0 saturated heterocycles. The third-order valence-electron chi connectivity index (χ3n) is 4.24. The fourth-order valence-corrected chi connectivity index (χ4v) is 3.15. The number of benzene rings is 2. The molecule has 0 fully saturated rings. The van der Waals surface area contributed by atoms with Gasteiger partial charge in [0, 0.05) is 17.3 Å². The third kappa shape index (κ3) is 5.68. The van der Waals surface area contributed by atoms with Crippen LogP contribution in [0.5, 0.6) is 11.5 Å². The molecule has 8 nitrogen and oxygen atoms in total. The average molecular weight is 464 g/mol. The quantitative estimate of drug-likeness (QED) is 0.506. The first-order chi connectivity index (χ1) is 14.9. The molecular weight excluding hydrogens is 445 g/mol. The van der Waals surface area contributed by atoms with Gasteiger partial charge in [-0.15, -0.1) is 0 Å². The molecule has 0 aliphatic carbocycles. The first-order valence-electron chi connectivity index (χ1n) is 9.05. The zero-order chi connectivity index (χ0) is 22.4. The molecule has 3 aromatic rings. The van der Waals surface area contributed by atoms with Crippen molar-refractivity contribution in [3.63, 3.8) is 0 Å². The summed E-state index contributed by atoms with van der Waals surface area (Å²) in [4.78, 5) is 24.5. The highest BCUT2D eigenvalue weighted by molar-refractivity contribution is 6.32. The highest BCUT2D eigenvalue weighted by atomic mass is 35.5. The van der Waals surface area contributed by atoms with Crippen LogP contribution < -0.4 is 14.8 Å². The maximum atomic E-state index is 12.3. The summed E-state index contributed by atoms with van der Waals surface area (Å²) in [7, 11) is 2.91. The minimum absolute atomic E-state index is 0.213. The van der Waals surface area contributed by atoms with E-state index in [1.807, 2.05) is 18.2 Å². The zero-order valence-corrected chi connectivity index (χ0v) is 18.2. The predicted octanol–water partition coefficient (Wildman–Crippen LogP) is 4.05. The summed E-state index contributed by atoms with van der Waals surface area (Å²) in [6.07, 6.45) is 2.89. The van der Waals surface area contributed by atoms with E-state index in [1.165, 1.54) is 38.7 Å². The number of halogens is 2. The van der Waals surface area contributed by atoms with E-state index < -0.39 is 18.5 Å². The minimum atomic E-state index is -0.680. The van der Waals surface area contributed by atoms with Crippen LogP contribution in [-0.2, 0) is 16.1 Å². The number of hydrogen-bond donors (Lipinski definition) is 1. The molecule has 0 aliphatic rings. The molecule has 1 amide bonds. The number of ether oxygens (including phenoxy) is 3. The maximum Gasteiger partial charge on any atom is 0.341 e. The van der Waals surface area contributed by atoms with Gasteiger partial charge in [0.25, 0.3) is 5.91 Å². The molecule has 0 unspecified atom stereocenters. The van der Waals surface area contributed by atoms with Crippen molar-refractivity contribution in [2.75, 3.05) is 26.1 Å². The number of nitrogens with one attached hydrogen (secondary N) is 1. The third-order valence-corrected chi connectivity index (χ3v) is 4.91. The zero-order valence-electron chi connectivity index (χ0n) is 16.7. The van der Waals surface area contributed by atoms with Crippen LogP contribution in [0, 0.1) is 0 Å². The van der Waals surface area contributed by atoms with E-state index in [9.17, 15) is 9.59 Å². The van der Waals surface area contributed by atoms with E-state index in [4.69, 9.17) is 37.4 Å². The fraction of sp³-hybridized carbons (Fsp3) is 0.190. The SMILES string of the molecule is COc1cc(OC)c(NC(=O)COC(=O)c2cnn(Cc3ccccc3Cl)c2)cc1Cl. The Balaban J connectivity index is 1.58. The van der Waals surface area contributed by atoms with Crippen molar-refractivity contribution in [3.05, 3.63) is 70.0 Å². The molecule has 162 valence electrons. The molecule has 31 heavy (non-hydrogen) atoms. The first-order valence-corrected chi connectivity index (χ1v) is 9.81. The van der Waals surface area contributed by atoms with Crippen molar-refractivity contribution in [1.82, 2.24) is 9.78 Å². The van der Waals surface area contributed by atoms with Crippen LogP contribution in [0.25, 0.3) is 0 Å². The summed E-state index contributed by atoms with van der Waals surface area (Å²) >= 11 is 12.2. The van der Waals surface area contributed by atoms with Gasteiger partial charge in [-0.25, -0.2) is 4.79 Å². The number of carbonyl (C=O) groups excluding carboxylic acids is 2. The van der Waals surface area contributed by atoms with Gasteiger partial charge in [0.15, 0.2) is 6.61 Å². The van der Waals surface area contributed by atoms with E-state index >= 15 is 0 Å². The molecular formula is C21H19Cl2N3O5. The molecule has 0 radical (unpaired) electrons. The molecule has 1 N–H and O–H groups in total. The number of hydrogen-bond acceptors (Lipinski definition) is 6. The lowest BCUT2D eigenvalue weighted by Gasteiger charge is -2.13. The second-order valence-corrected chi connectivity index (χ2v) is 7.14. The summed E-state index contributed by atoms with van der Waals surface area (Å²) in [5.41, 5.74) is 1.39. The summed E-state index contributed by atoms with van der Waals surface area (Å²) < 4.78 is 17.0. The largest absolute Gasteiger partial charge is 0.495 e. The number of rotatable bonds is 8. The van der Waals surface area contributed by atoms with Gasteiger partial charge in [-0.2, -0.15) is 5.10 Å². The maximum absolute atomic E-state index is 12.3. The number of methoxy groups -OCH3 is 2. The van der Waals surface area contributed by atoms with E-state index in [1.54, 1.807) is 10.7 Å². The fourth-order valence-electron chi connectivity index (χ4n) is 2.72. The molecule has 3 rings (SSSR count). The smallest absolute Gasteiger partial charge is 0.341 e. The number of anilines is 1. The van der Waals surface area contributed by atoms with Crippen LogP contribution in [0.3, 0.4) is 0 Å². The van der Waals surface area contributed by atoms with Crippen molar-refractivity contribution in [1.29, 1.82) is 0 Å². The van der Waals surface area contributed by atoms with E-state index in [2.05, 4.69) is 10.4 Å². The lowest BCUT2D eigenvalue weighted by molar-refractivity contribution is -0.119. The molecule has 2 aromatic carbocycles. The predicted molar refractivity (Wildman–Crippen MR) is 116 cm³/mol. The van der Waals surface area contributed by atoms with Crippen LogP contribution in [0.1, 0.15) is 15.9 Å². The topological polar surface area (TPSA) is 91.7 Å². The van der Waals surface area contributed by atoms with Crippen molar-refractivity contribution in [2.24, 2.45) is 0 Å². The number of esters is 1. The van der Waals surface area contributed by atoms with E-state index in [0.29, 0.717) is 33.8 Å². The molecule has 1 heterocycles.